The standard InChI is InChI=1S/C13H18ClNO2/c1-15(8-10-4-3-7-17-10)9-11-12(14)5-2-6-13(11)16/h2,5-6,10,16H,3-4,7-9H2,1H3. The van der Waals surface area contributed by atoms with Crippen LogP contribution in [-0.2, 0) is 11.3 Å². The highest BCUT2D eigenvalue weighted by Gasteiger charge is 2.18. The number of phenolic OH excluding ortho intramolecular Hbond substituents is 1. The zero-order chi connectivity index (χ0) is 12.3. The molecule has 0 spiro atoms. The summed E-state index contributed by atoms with van der Waals surface area (Å²) in [6.07, 6.45) is 2.60. The van der Waals surface area contributed by atoms with Gasteiger partial charge in [0.25, 0.3) is 0 Å². The minimum absolute atomic E-state index is 0.261. The Bertz CT molecular complexity index is 357. The number of likely N-dealkylation sites (N-methyl/N-ethyl adjacent to an activating group) is 1. The van der Waals surface area contributed by atoms with E-state index in [1.165, 1.54) is 0 Å². The van der Waals surface area contributed by atoms with E-state index in [1.807, 2.05) is 7.05 Å². The molecule has 0 amide bonds. The molecule has 3 nitrogen and oxygen atoms in total. The molecule has 0 aromatic heterocycles. The number of hydrogen-bond acceptors (Lipinski definition) is 3. The molecule has 0 radical (unpaired) electrons. The molecule has 1 saturated heterocycles. The van der Waals surface area contributed by atoms with Crippen molar-refractivity contribution < 1.29 is 9.84 Å². The van der Waals surface area contributed by atoms with Gasteiger partial charge in [-0.2, -0.15) is 0 Å². The quantitative estimate of drug-likeness (QED) is 0.898. The van der Waals surface area contributed by atoms with Crippen LogP contribution in [0.4, 0.5) is 0 Å². The van der Waals surface area contributed by atoms with Gasteiger partial charge in [-0.1, -0.05) is 17.7 Å². The van der Waals surface area contributed by atoms with Crippen LogP contribution < -0.4 is 0 Å². The Hall–Kier alpha value is -0.770. The van der Waals surface area contributed by atoms with Crippen LogP contribution in [0.5, 0.6) is 5.75 Å². The zero-order valence-corrected chi connectivity index (χ0v) is 10.8. The summed E-state index contributed by atoms with van der Waals surface area (Å²) in [4.78, 5) is 2.14. The Morgan fingerprint density at radius 3 is 3.00 bits per heavy atom. The number of nitrogens with zero attached hydrogens (tertiary/aromatic N) is 1. The monoisotopic (exact) mass is 255 g/mol. The predicted octanol–water partition coefficient (Wildman–Crippen LogP) is 2.66. The molecule has 17 heavy (non-hydrogen) atoms. The lowest BCUT2D eigenvalue weighted by Gasteiger charge is -2.21. The first-order valence-corrected chi connectivity index (χ1v) is 6.31. The molecule has 1 aromatic carbocycles. The van der Waals surface area contributed by atoms with Crippen LogP contribution in [0.2, 0.25) is 5.02 Å². The lowest BCUT2D eigenvalue weighted by atomic mass is 10.1. The SMILES string of the molecule is CN(Cc1c(O)cccc1Cl)CC1CCCO1. The molecular weight excluding hydrogens is 238 g/mol. The van der Waals surface area contributed by atoms with Crippen molar-refractivity contribution in [1.29, 1.82) is 0 Å². The van der Waals surface area contributed by atoms with E-state index in [-0.39, 0.29) is 5.75 Å². The summed E-state index contributed by atoms with van der Waals surface area (Å²) in [6, 6.07) is 5.22. The Morgan fingerprint density at radius 2 is 2.35 bits per heavy atom. The first-order valence-electron chi connectivity index (χ1n) is 5.93. The fraction of sp³-hybridized carbons (Fsp3) is 0.538. The number of halogens is 1. The van der Waals surface area contributed by atoms with E-state index in [0.717, 1.165) is 31.6 Å². The van der Waals surface area contributed by atoms with E-state index in [1.54, 1.807) is 18.2 Å². The minimum Gasteiger partial charge on any atom is -0.508 e. The van der Waals surface area contributed by atoms with E-state index in [4.69, 9.17) is 16.3 Å². The molecule has 1 fully saturated rings. The second kappa shape index (κ2) is 5.71. The number of rotatable bonds is 4. The third-order valence-corrected chi connectivity index (χ3v) is 3.42. The highest BCUT2D eigenvalue weighted by molar-refractivity contribution is 6.31. The van der Waals surface area contributed by atoms with Crippen LogP contribution in [0.15, 0.2) is 18.2 Å². The van der Waals surface area contributed by atoms with E-state index in [0.29, 0.717) is 17.7 Å². The molecule has 0 bridgehead atoms. The average Bonchev–Trinajstić information content (AvgIpc) is 2.76. The summed E-state index contributed by atoms with van der Waals surface area (Å²) in [6.45, 7) is 2.39. The van der Waals surface area contributed by atoms with Gasteiger partial charge >= 0.3 is 0 Å². The smallest absolute Gasteiger partial charge is 0.121 e. The Morgan fingerprint density at radius 1 is 1.53 bits per heavy atom. The number of hydrogen-bond donors (Lipinski definition) is 1. The van der Waals surface area contributed by atoms with Gasteiger partial charge in [0.15, 0.2) is 0 Å². The average molecular weight is 256 g/mol. The molecule has 2 rings (SSSR count). The van der Waals surface area contributed by atoms with Gasteiger partial charge < -0.3 is 9.84 Å². The normalized spacial score (nSPS) is 20.1. The van der Waals surface area contributed by atoms with Gasteiger partial charge in [0, 0.05) is 30.3 Å². The molecule has 1 aromatic rings. The number of phenols is 1. The lowest BCUT2D eigenvalue weighted by molar-refractivity contribution is 0.0791. The molecule has 1 heterocycles. The number of aromatic hydroxyl groups is 1. The van der Waals surface area contributed by atoms with Gasteiger partial charge in [0.05, 0.1) is 6.10 Å². The molecule has 4 heteroatoms. The fourth-order valence-electron chi connectivity index (χ4n) is 2.17. The van der Waals surface area contributed by atoms with Crippen LogP contribution in [0.25, 0.3) is 0 Å². The van der Waals surface area contributed by atoms with Crippen molar-refractivity contribution in [3.8, 4) is 5.75 Å². The van der Waals surface area contributed by atoms with Crippen LogP contribution in [0.3, 0.4) is 0 Å². The van der Waals surface area contributed by atoms with Crippen molar-refractivity contribution in [2.45, 2.75) is 25.5 Å². The van der Waals surface area contributed by atoms with Gasteiger partial charge in [-0.3, -0.25) is 4.90 Å². The number of benzene rings is 1. The largest absolute Gasteiger partial charge is 0.508 e. The maximum atomic E-state index is 9.76. The second-order valence-electron chi connectivity index (χ2n) is 4.57. The second-order valence-corrected chi connectivity index (χ2v) is 4.98. The molecule has 0 saturated carbocycles. The summed E-state index contributed by atoms with van der Waals surface area (Å²) in [7, 11) is 2.02. The van der Waals surface area contributed by atoms with Crippen LogP contribution in [-0.4, -0.2) is 36.3 Å². The maximum absolute atomic E-state index is 9.76. The summed E-state index contributed by atoms with van der Waals surface area (Å²) in [5, 5.41) is 10.4. The van der Waals surface area contributed by atoms with Crippen molar-refractivity contribution in [2.75, 3.05) is 20.2 Å². The van der Waals surface area contributed by atoms with Crippen LogP contribution >= 0.6 is 11.6 Å². The van der Waals surface area contributed by atoms with E-state index >= 15 is 0 Å². The number of ether oxygens (including phenoxy) is 1. The highest BCUT2D eigenvalue weighted by Crippen LogP contribution is 2.26. The van der Waals surface area contributed by atoms with Gasteiger partial charge in [-0.25, -0.2) is 0 Å². The Balaban J connectivity index is 1.95. The molecular formula is C13H18ClNO2. The van der Waals surface area contributed by atoms with Crippen LogP contribution in [0.1, 0.15) is 18.4 Å². The molecule has 1 atom stereocenters. The summed E-state index contributed by atoms with van der Waals surface area (Å²) < 4.78 is 5.58. The van der Waals surface area contributed by atoms with Crippen molar-refractivity contribution in [2.24, 2.45) is 0 Å². The summed E-state index contributed by atoms with van der Waals surface area (Å²) in [5.41, 5.74) is 0.787. The highest BCUT2D eigenvalue weighted by atomic mass is 35.5. The third-order valence-electron chi connectivity index (χ3n) is 3.06. The van der Waals surface area contributed by atoms with Gasteiger partial charge in [0.1, 0.15) is 5.75 Å². The van der Waals surface area contributed by atoms with Crippen molar-refractivity contribution >= 4 is 11.6 Å². The topological polar surface area (TPSA) is 32.7 Å². The molecule has 1 aliphatic rings. The van der Waals surface area contributed by atoms with Gasteiger partial charge in [-0.15, -0.1) is 0 Å². The van der Waals surface area contributed by atoms with E-state index < -0.39 is 0 Å². The van der Waals surface area contributed by atoms with Crippen molar-refractivity contribution in [3.63, 3.8) is 0 Å². The first kappa shape index (κ1) is 12.7. The Labute approximate surface area is 107 Å². The van der Waals surface area contributed by atoms with E-state index in [2.05, 4.69) is 4.90 Å². The molecule has 94 valence electrons. The van der Waals surface area contributed by atoms with Crippen LogP contribution in [0, 0.1) is 0 Å². The minimum atomic E-state index is 0.261. The molecule has 1 unspecified atom stereocenters. The van der Waals surface area contributed by atoms with Gasteiger partial charge in [-0.05, 0) is 32.0 Å². The van der Waals surface area contributed by atoms with Gasteiger partial charge in [0.2, 0.25) is 0 Å². The Kier molecular flexibility index (Phi) is 4.26. The predicted molar refractivity (Wildman–Crippen MR) is 68.4 cm³/mol. The van der Waals surface area contributed by atoms with Crippen molar-refractivity contribution in [1.82, 2.24) is 4.90 Å². The first-order chi connectivity index (χ1) is 8.16. The molecule has 0 aliphatic carbocycles. The van der Waals surface area contributed by atoms with Crippen molar-refractivity contribution in [3.05, 3.63) is 28.8 Å². The maximum Gasteiger partial charge on any atom is 0.121 e. The summed E-state index contributed by atoms with van der Waals surface area (Å²) >= 11 is 6.07. The van der Waals surface area contributed by atoms with E-state index in [9.17, 15) is 5.11 Å². The zero-order valence-electron chi connectivity index (χ0n) is 10.0. The fourth-order valence-corrected chi connectivity index (χ4v) is 2.40. The molecule has 1 aliphatic heterocycles. The lowest BCUT2D eigenvalue weighted by Crippen LogP contribution is -2.28. The molecule has 1 N–H and O–H groups in total. The third kappa shape index (κ3) is 3.35. The summed E-state index contributed by atoms with van der Waals surface area (Å²) in [5.74, 6) is 0.261.